The van der Waals surface area contributed by atoms with Crippen molar-refractivity contribution in [1.29, 1.82) is 0 Å². The van der Waals surface area contributed by atoms with Crippen molar-refractivity contribution in [3.8, 4) is 0 Å². The molecule has 1 aromatic rings. The first-order chi connectivity index (χ1) is 9.04. The Hall–Kier alpha value is -0.620. The zero-order valence-electron chi connectivity index (χ0n) is 11.5. The molecule has 1 fully saturated rings. The highest BCUT2D eigenvalue weighted by Gasteiger charge is 2.29. The normalized spacial score (nSPS) is 23.5. The van der Waals surface area contributed by atoms with Crippen LogP contribution >= 0.6 is 22.6 Å². The lowest BCUT2D eigenvalue weighted by Crippen LogP contribution is -2.45. The molecule has 2 N–H and O–H groups in total. The topological polar surface area (TPSA) is 46.3 Å². The number of carbonyl (C=O) groups excluding carboxylic acids is 1. The van der Waals surface area contributed by atoms with Crippen molar-refractivity contribution in [3.05, 3.63) is 32.9 Å². The van der Waals surface area contributed by atoms with Gasteiger partial charge in [0, 0.05) is 16.7 Å². The highest BCUT2D eigenvalue weighted by atomic mass is 127. The number of piperidine rings is 1. The number of likely N-dealkylation sites (tertiary alicyclic amines) is 1. The average molecular weight is 372 g/mol. The zero-order chi connectivity index (χ0) is 14.0. The molecule has 0 radical (unpaired) electrons. The Kier molecular flexibility index (Phi) is 4.84. The first-order valence-electron chi connectivity index (χ1n) is 6.79. The minimum atomic E-state index is 0.151. The van der Waals surface area contributed by atoms with Crippen LogP contribution in [0.4, 0.5) is 0 Å². The molecule has 0 aromatic heterocycles. The molecular weight excluding hydrogens is 351 g/mol. The van der Waals surface area contributed by atoms with Gasteiger partial charge in [-0.3, -0.25) is 4.79 Å². The van der Waals surface area contributed by atoms with Crippen molar-refractivity contribution < 1.29 is 4.79 Å². The van der Waals surface area contributed by atoms with Gasteiger partial charge in [0.1, 0.15) is 0 Å². The number of halogens is 1. The van der Waals surface area contributed by atoms with Crippen LogP contribution in [0.25, 0.3) is 0 Å². The molecule has 1 amide bonds. The summed E-state index contributed by atoms with van der Waals surface area (Å²) in [7, 11) is 0. The summed E-state index contributed by atoms with van der Waals surface area (Å²) < 4.78 is 1.06. The number of amides is 1. The zero-order valence-corrected chi connectivity index (χ0v) is 13.7. The molecular formula is C15H21IN2O. The van der Waals surface area contributed by atoms with Crippen LogP contribution in [0.2, 0.25) is 0 Å². The molecule has 2 unspecified atom stereocenters. The van der Waals surface area contributed by atoms with Gasteiger partial charge >= 0.3 is 0 Å². The lowest BCUT2D eigenvalue weighted by molar-refractivity contribution is 0.0617. The van der Waals surface area contributed by atoms with E-state index in [-0.39, 0.29) is 5.91 Å². The molecule has 104 valence electrons. The maximum Gasteiger partial charge on any atom is 0.254 e. The monoisotopic (exact) mass is 372 g/mol. The van der Waals surface area contributed by atoms with Crippen LogP contribution in [-0.4, -0.2) is 30.4 Å². The van der Waals surface area contributed by atoms with Crippen molar-refractivity contribution in [2.24, 2.45) is 17.6 Å². The van der Waals surface area contributed by atoms with E-state index in [0.717, 1.165) is 34.2 Å². The molecule has 1 heterocycles. The van der Waals surface area contributed by atoms with Crippen molar-refractivity contribution in [3.63, 3.8) is 0 Å². The molecule has 1 aromatic carbocycles. The summed E-state index contributed by atoms with van der Waals surface area (Å²) in [6, 6.07) is 5.92. The summed E-state index contributed by atoms with van der Waals surface area (Å²) in [6.07, 6.45) is 1.05. The summed E-state index contributed by atoms with van der Waals surface area (Å²) >= 11 is 2.26. The molecule has 19 heavy (non-hydrogen) atoms. The average Bonchev–Trinajstić information content (AvgIpc) is 2.41. The maximum atomic E-state index is 12.6. The van der Waals surface area contributed by atoms with E-state index in [4.69, 9.17) is 5.73 Å². The lowest BCUT2D eigenvalue weighted by Gasteiger charge is -2.36. The van der Waals surface area contributed by atoms with Crippen molar-refractivity contribution in [1.82, 2.24) is 4.90 Å². The summed E-state index contributed by atoms with van der Waals surface area (Å²) in [6.45, 7) is 6.58. The van der Waals surface area contributed by atoms with Crippen molar-refractivity contribution >= 4 is 28.5 Å². The Morgan fingerprint density at radius 2 is 2.26 bits per heavy atom. The maximum absolute atomic E-state index is 12.6. The number of rotatable bonds is 2. The Bertz CT molecular complexity index is 475. The van der Waals surface area contributed by atoms with Gasteiger partial charge in [0.15, 0.2) is 0 Å². The highest BCUT2D eigenvalue weighted by Crippen LogP contribution is 2.25. The summed E-state index contributed by atoms with van der Waals surface area (Å²) in [4.78, 5) is 14.6. The van der Waals surface area contributed by atoms with Crippen LogP contribution in [0.5, 0.6) is 0 Å². The Balaban J connectivity index is 2.18. The van der Waals surface area contributed by atoms with Crippen LogP contribution in [0.15, 0.2) is 18.2 Å². The standard InChI is InChI=1S/C15H21IN2O/c1-10-6-7-18(9-12(10)8-17)15(19)13-5-3-4-11(2)14(13)16/h3-5,10,12H,6-9,17H2,1-2H3. The molecule has 0 spiro atoms. The van der Waals surface area contributed by atoms with Crippen molar-refractivity contribution in [2.45, 2.75) is 20.3 Å². The van der Waals surface area contributed by atoms with E-state index in [1.54, 1.807) is 0 Å². The number of carbonyl (C=O) groups is 1. The van der Waals surface area contributed by atoms with Crippen LogP contribution in [0.3, 0.4) is 0 Å². The number of nitrogens with zero attached hydrogens (tertiary/aromatic N) is 1. The second-order valence-corrected chi connectivity index (χ2v) is 6.53. The first-order valence-corrected chi connectivity index (χ1v) is 7.87. The van der Waals surface area contributed by atoms with E-state index in [2.05, 4.69) is 29.5 Å². The van der Waals surface area contributed by atoms with Gasteiger partial charge in [-0.1, -0.05) is 19.1 Å². The van der Waals surface area contributed by atoms with E-state index < -0.39 is 0 Å². The molecule has 1 saturated heterocycles. The smallest absolute Gasteiger partial charge is 0.254 e. The van der Waals surface area contributed by atoms with E-state index in [0.29, 0.717) is 18.4 Å². The SMILES string of the molecule is Cc1cccc(C(=O)N2CCC(C)C(CN)C2)c1I. The number of hydrogen-bond donors (Lipinski definition) is 1. The van der Waals surface area contributed by atoms with E-state index in [1.807, 2.05) is 30.0 Å². The van der Waals surface area contributed by atoms with Gasteiger partial charge in [0.25, 0.3) is 5.91 Å². The van der Waals surface area contributed by atoms with E-state index in [1.165, 1.54) is 0 Å². The fourth-order valence-corrected chi connectivity index (χ4v) is 3.21. The molecule has 2 atom stereocenters. The number of benzene rings is 1. The van der Waals surface area contributed by atoms with E-state index in [9.17, 15) is 4.79 Å². The summed E-state index contributed by atoms with van der Waals surface area (Å²) in [5.41, 5.74) is 7.79. The molecule has 4 heteroatoms. The predicted octanol–water partition coefficient (Wildman–Crippen LogP) is 2.66. The second-order valence-electron chi connectivity index (χ2n) is 5.45. The van der Waals surface area contributed by atoms with Crippen molar-refractivity contribution in [2.75, 3.05) is 19.6 Å². The van der Waals surface area contributed by atoms with Crippen LogP contribution in [-0.2, 0) is 0 Å². The molecule has 1 aliphatic rings. The number of aryl methyl sites for hydroxylation is 1. The quantitative estimate of drug-likeness (QED) is 0.812. The largest absolute Gasteiger partial charge is 0.338 e. The van der Waals surface area contributed by atoms with Gasteiger partial charge in [-0.05, 0) is 65.9 Å². The third-order valence-electron chi connectivity index (χ3n) is 4.13. The summed E-state index contributed by atoms with van der Waals surface area (Å²) in [5, 5.41) is 0. The Labute approximate surface area is 128 Å². The van der Waals surface area contributed by atoms with Gasteiger partial charge < -0.3 is 10.6 Å². The number of hydrogen-bond acceptors (Lipinski definition) is 2. The molecule has 2 rings (SSSR count). The Morgan fingerprint density at radius 3 is 2.95 bits per heavy atom. The third kappa shape index (κ3) is 3.11. The van der Waals surface area contributed by atoms with Crippen LogP contribution in [0, 0.1) is 22.3 Å². The molecule has 0 saturated carbocycles. The third-order valence-corrected chi connectivity index (χ3v) is 5.56. The van der Waals surface area contributed by atoms with Gasteiger partial charge in [-0.15, -0.1) is 0 Å². The Morgan fingerprint density at radius 1 is 1.53 bits per heavy atom. The summed E-state index contributed by atoms with van der Waals surface area (Å²) in [5.74, 6) is 1.20. The number of nitrogens with two attached hydrogens (primary N) is 1. The van der Waals surface area contributed by atoms with Gasteiger partial charge in [0.2, 0.25) is 0 Å². The molecule has 1 aliphatic heterocycles. The molecule has 0 aliphatic carbocycles. The van der Waals surface area contributed by atoms with Gasteiger partial charge in [-0.25, -0.2) is 0 Å². The fourth-order valence-electron chi connectivity index (χ4n) is 2.62. The van der Waals surface area contributed by atoms with Crippen LogP contribution < -0.4 is 5.73 Å². The highest BCUT2D eigenvalue weighted by molar-refractivity contribution is 14.1. The first kappa shape index (κ1) is 14.8. The van der Waals surface area contributed by atoms with E-state index >= 15 is 0 Å². The predicted molar refractivity (Wildman–Crippen MR) is 86.1 cm³/mol. The lowest BCUT2D eigenvalue weighted by atomic mass is 9.87. The second kappa shape index (κ2) is 6.22. The molecule has 3 nitrogen and oxygen atoms in total. The van der Waals surface area contributed by atoms with Gasteiger partial charge in [-0.2, -0.15) is 0 Å². The van der Waals surface area contributed by atoms with Gasteiger partial charge in [0.05, 0.1) is 5.56 Å². The minimum Gasteiger partial charge on any atom is -0.338 e. The van der Waals surface area contributed by atoms with Crippen LogP contribution in [0.1, 0.15) is 29.3 Å². The molecule has 0 bridgehead atoms. The fraction of sp³-hybridized carbons (Fsp3) is 0.533. The minimum absolute atomic E-state index is 0.151.